The van der Waals surface area contributed by atoms with Crippen molar-refractivity contribution >= 4 is 27.5 Å². The summed E-state index contributed by atoms with van der Waals surface area (Å²) in [5.74, 6) is -0.162. The van der Waals surface area contributed by atoms with Crippen LogP contribution in [0.25, 0.3) is 0 Å². The Kier molecular flexibility index (Phi) is 3.49. The molecule has 0 N–H and O–H groups in total. The van der Waals surface area contributed by atoms with Crippen LogP contribution in [0.3, 0.4) is 0 Å². The zero-order valence-electron chi connectivity index (χ0n) is 9.17. The maximum atomic E-state index is 12.1. The maximum absolute atomic E-state index is 12.1. The molecule has 0 unspecified atom stereocenters. The fraction of sp³-hybridized carbons (Fsp3) is 0.0833. The van der Waals surface area contributed by atoms with Gasteiger partial charge in [-0.25, -0.2) is 4.98 Å². The zero-order chi connectivity index (χ0) is 12.3. The fourth-order valence-electron chi connectivity index (χ4n) is 1.34. The van der Waals surface area contributed by atoms with Gasteiger partial charge >= 0.3 is 0 Å². The standard InChI is InChI=1S/C12H10BrN3O/c1-16(10-3-2-6-14-8-10)12(17)11-5-4-9(13)7-15-11/h2-8H,1H3. The number of aromatic nitrogens is 2. The average molecular weight is 292 g/mol. The van der Waals surface area contributed by atoms with E-state index >= 15 is 0 Å². The number of carbonyl (C=O) groups is 1. The number of rotatable bonds is 2. The summed E-state index contributed by atoms with van der Waals surface area (Å²) in [6.07, 6.45) is 4.90. The van der Waals surface area contributed by atoms with Gasteiger partial charge in [0.2, 0.25) is 0 Å². The maximum Gasteiger partial charge on any atom is 0.276 e. The Morgan fingerprint density at radius 1 is 1.29 bits per heavy atom. The van der Waals surface area contributed by atoms with Crippen molar-refractivity contribution in [2.75, 3.05) is 11.9 Å². The van der Waals surface area contributed by atoms with Crippen LogP contribution in [0.4, 0.5) is 5.69 Å². The van der Waals surface area contributed by atoms with Gasteiger partial charge in [-0.05, 0) is 40.2 Å². The molecular formula is C12H10BrN3O. The predicted molar refractivity (Wildman–Crippen MR) is 68.9 cm³/mol. The number of nitrogens with zero attached hydrogens (tertiary/aromatic N) is 3. The molecule has 17 heavy (non-hydrogen) atoms. The molecule has 0 aliphatic carbocycles. The van der Waals surface area contributed by atoms with Gasteiger partial charge in [-0.3, -0.25) is 9.78 Å². The van der Waals surface area contributed by atoms with Crippen molar-refractivity contribution in [1.82, 2.24) is 9.97 Å². The Morgan fingerprint density at radius 3 is 2.71 bits per heavy atom. The van der Waals surface area contributed by atoms with Crippen molar-refractivity contribution < 1.29 is 4.79 Å². The largest absolute Gasteiger partial charge is 0.309 e. The van der Waals surface area contributed by atoms with E-state index < -0.39 is 0 Å². The summed E-state index contributed by atoms with van der Waals surface area (Å²) < 4.78 is 0.845. The highest BCUT2D eigenvalue weighted by molar-refractivity contribution is 9.10. The highest BCUT2D eigenvalue weighted by atomic mass is 79.9. The van der Waals surface area contributed by atoms with Crippen molar-refractivity contribution in [2.24, 2.45) is 0 Å². The fourth-order valence-corrected chi connectivity index (χ4v) is 1.58. The van der Waals surface area contributed by atoms with Crippen molar-refractivity contribution in [3.05, 3.63) is 53.0 Å². The van der Waals surface area contributed by atoms with Gasteiger partial charge in [0.25, 0.3) is 5.91 Å². The van der Waals surface area contributed by atoms with Gasteiger partial charge in [-0.15, -0.1) is 0 Å². The summed E-state index contributed by atoms with van der Waals surface area (Å²) in [7, 11) is 1.70. The summed E-state index contributed by atoms with van der Waals surface area (Å²) in [6.45, 7) is 0. The number of carbonyl (C=O) groups excluding carboxylic acids is 1. The van der Waals surface area contributed by atoms with E-state index in [1.54, 1.807) is 43.8 Å². The number of hydrogen-bond acceptors (Lipinski definition) is 3. The highest BCUT2D eigenvalue weighted by Crippen LogP contribution is 2.14. The molecule has 0 bridgehead atoms. The third kappa shape index (κ3) is 2.68. The van der Waals surface area contributed by atoms with Crippen LogP contribution < -0.4 is 4.90 Å². The summed E-state index contributed by atoms with van der Waals surface area (Å²) in [5, 5.41) is 0. The lowest BCUT2D eigenvalue weighted by Crippen LogP contribution is -2.27. The third-order valence-corrected chi connectivity index (χ3v) is 2.75. The molecule has 0 fully saturated rings. The van der Waals surface area contributed by atoms with E-state index in [1.165, 1.54) is 4.90 Å². The van der Waals surface area contributed by atoms with Crippen molar-refractivity contribution in [3.63, 3.8) is 0 Å². The van der Waals surface area contributed by atoms with Crippen LogP contribution in [-0.2, 0) is 0 Å². The first-order chi connectivity index (χ1) is 8.18. The summed E-state index contributed by atoms with van der Waals surface area (Å²) in [6, 6.07) is 7.08. The molecule has 0 atom stereocenters. The predicted octanol–water partition coefficient (Wildman–Crippen LogP) is 2.52. The van der Waals surface area contributed by atoms with Crippen LogP contribution in [0.5, 0.6) is 0 Å². The van der Waals surface area contributed by atoms with Crippen LogP contribution in [-0.4, -0.2) is 22.9 Å². The van der Waals surface area contributed by atoms with E-state index in [0.717, 1.165) is 10.2 Å². The first kappa shape index (κ1) is 11.7. The smallest absolute Gasteiger partial charge is 0.276 e. The summed E-state index contributed by atoms with van der Waals surface area (Å²) in [4.78, 5) is 21.6. The second kappa shape index (κ2) is 5.05. The molecule has 86 valence electrons. The number of halogens is 1. The topological polar surface area (TPSA) is 46.1 Å². The van der Waals surface area contributed by atoms with Crippen LogP contribution in [0.2, 0.25) is 0 Å². The second-order valence-corrected chi connectivity index (χ2v) is 4.35. The van der Waals surface area contributed by atoms with Gasteiger partial charge in [0.1, 0.15) is 5.69 Å². The molecule has 5 heteroatoms. The molecular weight excluding hydrogens is 282 g/mol. The minimum absolute atomic E-state index is 0.162. The first-order valence-electron chi connectivity index (χ1n) is 4.98. The molecule has 2 heterocycles. The van der Waals surface area contributed by atoms with E-state index in [-0.39, 0.29) is 5.91 Å². The van der Waals surface area contributed by atoms with Gasteiger partial charge in [-0.2, -0.15) is 0 Å². The molecule has 0 aliphatic rings. The van der Waals surface area contributed by atoms with E-state index in [2.05, 4.69) is 25.9 Å². The van der Waals surface area contributed by atoms with E-state index in [4.69, 9.17) is 0 Å². The van der Waals surface area contributed by atoms with Crippen molar-refractivity contribution in [3.8, 4) is 0 Å². The van der Waals surface area contributed by atoms with Crippen molar-refractivity contribution in [1.29, 1.82) is 0 Å². The monoisotopic (exact) mass is 291 g/mol. The number of amides is 1. The summed E-state index contributed by atoms with van der Waals surface area (Å²) >= 11 is 3.28. The number of anilines is 1. The van der Waals surface area contributed by atoms with Gasteiger partial charge in [0.05, 0.1) is 11.9 Å². The third-order valence-electron chi connectivity index (χ3n) is 2.28. The van der Waals surface area contributed by atoms with Gasteiger partial charge in [0.15, 0.2) is 0 Å². The molecule has 0 radical (unpaired) electrons. The average Bonchev–Trinajstić information content (AvgIpc) is 2.39. The Morgan fingerprint density at radius 2 is 2.12 bits per heavy atom. The van der Waals surface area contributed by atoms with Crippen LogP contribution in [0, 0.1) is 0 Å². The Bertz CT molecular complexity index is 513. The van der Waals surface area contributed by atoms with Crippen LogP contribution in [0.1, 0.15) is 10.5 Å². The first-order valence-corrected chi connectivity index (χ1v) is 5.77. The van der Waals surface area contributed by atoms with E-state index in [0.29, 0.717) is 5.69 Å². The number of pyridine rings is 2. The van der Waals surface area contributed by atoms with Crippen LogP contribution >= 0.6 is 15.9 Å². The quantitative estimate of drug-likeness (QED) is 0.854. The molecule has 0 saturated carbocycles. The lowest BCUT2D eigenvalue weighted by atomic mass is 10.3. The van der Waals surface area contributed by atoms with Gasteiger partial charge in [-0.1, -0.05) is 0 Å². The molecule has 2 aromatic heterocycles. The van der Waals surface area contributed by atoms with Crippen LogP contribution in [0.15, 0.2) is 47.3 Å². The lowest BCUT2D eigenvalue weighted by molar-refractivity contribution is 0.0988. The SMILES string of the molecule is CN(C(=O)c1ccc(Br)cn1)c1cccnc1. The van der Waals surface area contributed by atoms with Gasteiger partial charge in [0, 0.05) is 23.9 Å². The minimum atomic E-state index is -0.162. The molecule has 0 spiro atoms. The summed E-state index contributed by atoms with van der Waals surface area (Å²) in [5.41, 5.74) is 1.14. The van der Waals surface area contributed by atoms with Gasteiger partial charge < -0.3 is 4.90 Å². The highest BCUT2D eigenvalue weighted by Gasteiger charge is 2.14. The van der Waals surface area contributed by atoms with E-state index in [1.807, 2.05) is 6.07 Å². The zero-order valence-corrected chi connectivity index (χ0v) is 10.8. The Hall–Kier alpha value is -1.75. The van der Waals surface area contributed by atoms with E-state index in [9.17, 15) is 4.79 Å². The number of hydrogen-bond donors (Lipinski definition) is 0. The Balaban J connectivity index is 2.23. The second-order valence-electron chi connectivity index (χ2n) is 3.44. The van der Waals surface area contributed by atoms with Crippen molar-refractivity contribution in [2.45, 2.75) is 0 Å². The Labute approximate surface area is 107 Å². The normalized spacial score (nSPS) is 10.0. The molecule has 4 nitrogen and oxygen atoms in total. The minimum Gasteiger partial charge on any atom is -0.309 e. The molecule has 0 aromatic carbocycles. The molecule has 0 aliphatic heterocycles. The lowest BCUT2D eigenvalue weighted by Gasteiger charge is -2.15. The molecule has 1 amide bonds. The molecule has 2 rings (SSSR count). The molecule has 2 aromatic rings. The molecule has 0 saturated heterocycles.